The van der Waals surface area contributed by atoms with E-state index in [2.05, 4.69) is 10.6 Å². The van der Waals surface area contributed by atoms with Crippen molar-refractivity contribution in [1.82, 2.24) is 15.5 Å². The summed E-state index contributed by atoms with van der Waals surface area (Å²) in [6.07, 6.45) is 1.91. The molecule has 1 saturated heterocycles. The van der Waals surface area contributed by atoms with E-state index in [1.165, 1.54) is 0 Å². The minimum Gasteiger partial charge on any atom is -0.480 e. The van der Waals surface area contributed by atoms with Gasteiger partial charge in [0.25, 0.3) is 0 Å². The molecule has 0 aliphatic carbocycles. The highest BCUT2D eigenvalue weighted by molar-refractivity contribution is 7.98. The number of urea groups is 1. The highest BCUT2D eigenvalue weighted by atomic mass is 32.2. The quantitative estimate of drug-likeness (QED) is 0.632. The number of carbonyl (C=O) groups excluding carboxylic acids is 2. The van der Waals surface area contributed by atoms with E-state index >= 15 is 0 Å². The Morgan fingerprint density at radius 1 is 1.67 bits per heavy atom. The third-order valence-electron chi connectivity index (χ3n) is 2.52. The molecule has 1 heterocycles. The Kier molecular flexibility index (Phi) is 5.26. The molecule has 0 bridgehead atoms. The molecule has 0 aromatic rings. The Balaban J connectivity index is 2.66. The minimum atomic E-state index is -1.12. The molecule has 3 amide bonds. The fourth-order valence-corrected chi connectivity index (χ4v) is 2.24. The van der Waals surface area contributed by atoms with E-state index < -0.39 is 18.0 Å². The summed E-state index contributed by atoms with van der Waals surface area (Å²) < 4.78 is 0. The topological polar surface area (TPSA) is 98.7 Å². The molecule has 1 aliphatic rings. The number of nitrogens with zero attached hydrogens (tertiary/aromatic N) is 1. The standard InChI is InChI=1S/C10H17N3O4S/c1-6(5-18-2)12-10(17)13-4-8(14)11-3-7(13)9(15)16/h6-7H,3-5H2,1-2H3,(H,11,14)(H,12,17)(H,15,16). The van der Waals surface area contributed by atoms with E-state index in [4.69, 9.17) is 5.11 Å². The number of rotatable bonds is 4. The van der Waals surface area contributed by atoms with Crippen molar-refractivity contribution >= 4 is 29.7 Å². The van der Waals surface area contributed by atoms with Crippen molar-refractivity contribution in [3.05, 3.63) is 0 Å². The fraction of sp³-hybridized carbons (Fsp3) is 0.700. The molecule has 18 heavy (non-hydrogen) atoms. The zero-order valence-corrected chi connectivity index (χ0v) is 11.1. The molecule has 102 valence electrons. The van der Waals surface area contributed by atoms with Crippen molar-refractivity contribution in [3.63, 3.8) is 0 Å². The molecule has 7 nitrogen and oxygen atoms in total. The molecular weight excluding hydrogens is 258 g/mol. The van der Waals surface area contributed by atoms with Crippen LogP contribution in [-0.2, 0) is 9.59 Å². The summed E-state index contributed by atoms with van der Waals surface area (Å²) in [6.45, 7) is 1.54. The molecular formula is C10H17N3O4S. The molecule has 1 rings (SSSR count). The van der Waals surface area contributed by atoms with Crippen LogP contribution in [0.4, 0.5) is 4.79 Å². The number of aliphatic carboxylic acids is 1. The van der Waals surface area contributed by atoms with E-state index in [0.29, 0.717) is 0 Å². The number of hydrogen-bond donors (Lipinski definition) is 3. The van der Waals surface area contributed by atoms with Crippen molar-refractivity contribution in [2.45, 2.75) is 19.0 Å². The van der Waals surface area contributed by atoms with Gasteiger partial charge in [-0.25, -0.2) is 9.59 Å². The lowest BCUT2D eigenvalue weighted by Gasteiger charge is -2.33. The third kappa shape index (κ3) is 3.80. The van der Waals surface area contributed by atoms with Crippen molar-refractivity contribution < 1.29 is 19.5 Å². The summed E-state index contributed by atoms with van der Waals surface area (Å²) in [4.78, 5) is 35.2. The second-order valence-electron chi connectivity index (χ2n) is 4.09. The highest BCUT2D eigenvalue weighted by Gasteiger charge is 2.35. The van der Waals surface area contributed by atoms with Crippen LogP contribution in [0.1, 0.15) is 6.92 Å². The maximum absolute atomic E-state index is 11.9. The molecule has 0 aromatic carbocycles. The summed E-state index contributed by atoms with van der Waals surface area (Å²) in [5.74, 6) is -0.744. The van der Waals surface area contributed by atoms with Crippen LogP contribution in [0.25, 0.3) is 0 Å². The zero-order chi connectivity index (χ0) is 13.7. The van der Waals surface area contributed by atoms with Crippen LogP contribution in [0.3, 0.4) is 0 Å². The van der Waals surface area contributed by atoms with Crippen LogP contribution in [0, 0.1) is 0 Å². The van der Waals surface area contributed by atoms with Crippen LogP contribution in [0.2, 0.25) is 0 Å². The Morgan fingerprint density at radius 3 is 2.89 bits per heavy atom. The van der Waals surface area contributed by atoms with Crippen LogP contribution < -0.4 is 10.6 Å². The average molecular weight is 275 g/mol. The van der Waals surface area contributed by atoms with Gasteiger partial charge in [-0.15, -0.1) is 0 Å². The summed E-state index contributed by atoms with van der Waals surface area (Å²) >= 11 is 1.58. The minimum absolute atomic E-state index is 0.0570. The van der Waals surface area contributed by atoms with E-state index in [-0.39, 0.29) is 25.0 Å². The highest BCUT2D eigenvalue weighted by Crippen LogP contribution is 2.06. The molecule has 3 N–H and O–H groups in total. The van der Waals surface area contributed by atoms with Gasteiger partial charge in [0, 0.05) is 18.3 Å². The number of carbonyl (C=O) groups is 3. The van der Waals surface area contributed by atoms with Crippen molar-refractivity contribution in [1.29, 1.82) is 0 Å². The lowest BCUT2D eigenvalue weighted by atomic mass is 10.2. The summed E-state index contributed by atoms with van der Waals surface area (Å²) in [5.41, 5.74) is 0. The third-order valence-corrected chi connectivity index (χ3v) is 3.35. The number of amides is 3. The lowest BCUT2D eigenvalue weighted by Crippen LogP contribution is -2.62. The molecule has 2 unspecified atom stereocenters. The average Bonchev–Trinajstić information content (AvgIpc) is 2.28. The van der Waals surface area contributed by atoms with Gasteiger partial charge in [0.05, 0.1) is 0 Å². The number of carboxylic acid groups (broad SMARTS) is 1. The molecule has 0 radical (unpaired) electrons. The summed E-state index contributed by atoms with van der Waals surface area (Å²) in [5, 5.41) is 14.1. The van der Waals surface area contributed by atoms with Gasteiger partial charge in [-0.05, 0) is 13.2 Å². The van der Waals surface area contributed by atoms with Gasteiger partial charge >= 0.3 is 12.0 Å². The maximum atomic E-state index is 11.9. The second-order valence-corrected chi connectivity index (χ2v) is 5.00. The second kappa shape index (κ2) is 6.48. The van der Waals surface area contributed by atoms with Crippen LogP contribution in [0.15, 0.2) is 0 Å². The van der Waals surface area contributed by atoms with Crippen LogP contribution >= 0.6 is 11.8 Å². The van der Waals surface area contributed by atoms with Gasteiger partial charge < -0.3 is 15.7 Å². The smallest absolute Gasteiger partial charge is 0.328 e. The molecule has 1 fully saturated rings. The van der Waals surface area contributed by atoms with Crippen LogP contribution in [-0.4, -0.2) is 65.1 Å². The largest absolute Gasteiger partial charge is 0.480 e. The number of piperazine rings is 1. The number of thioether (sulfide) groups is 1. The summed E-state index contributed by atoms with van der Waals surface area (Å²) in [6, 6.07) is -1.60. The first-order valence-corrected chi connectivity index (χ1v) is 6.90. The Labute approximate surface area is 109 Å². The normalized spacial score (nSPS) is 21.1. The predicted molar refractivity (Wildman–Crippen MR) is 67.5 cm³/mol. The van der Waals surface area contributed by atoms with Gasteiger partial charge in [0.15, 0.2) is 0 Å². The molecule has 1 aliphatic heterocycles. The predicted octanol–water partition coefficient (Wildman–Crippen LogP) is -0.667. The van der Waals surface area contributed by atoms with Gasteiger partial charge in [-0.1, -0.05) is 0 Å². The fourth-order valence-electron chi connectivity index (χ4n) is 1.66. The first-order valence-electron chi connectivity index (χ1n) is 5.51. The lowest BCUT2D eigenvalue weighted by molar-refractivity contribution is -0.144. The van der Waals surface area contributed by atoms with Gasteiger partial charge in [0.2, 0.25) is 5.91 Å². The van der Waals surface area contributed by atoms with Crippen molar-refractivity contribution in [2.75, 3.05) is 25.1 Å². The van der Waals surface area contributed by atoms with E-state index in [1.54, 1.807) is 11.8 Å². The Bertz CT molecular complexity index is 350. The van der Waals surface area contributed by atoms with Gasteiger partial charge in [-0.3, -0.25) is 9.69 Å². The Hall–Kier alpha value is -1.44. The number of carboxylic acids is 1. The van der Waals surface area contributed by atoms with Gasteiger partial charge in [-0.2, -0.15) is 11.8 Å². The number of hydrogen-bond acceptors (Lipinski definition) is 4. The van der Waals surface area contributed by atoms with E-state index in [9.17, 15) is 14.4 Å². The van der Waals surface area contributed by atoms with E-state index in [0.717, 1.165) is 10.7 Å². The molecule has 0 aromatic heterocycles. The first-order chi connectivity index (χ1) is 8.45. The molecule has 0 saturated carbocycles. The molecule has 0 spiro atoms. The molecule has 2 atom stereocenters. The Morgan fingerprint density at radius 2 is 2.33 bits per heavy atom. The monoisotopic (exact) mass is 275 g/mol. The van der Waals surface area contributed by atoms with Crippen molar-refractivity contribution in [2.24, 2.45) is 0 Å². The van der Waals surface area contributed by atoms with Crippen molar-refractivity contribution in [3.8, 4) is 0 Å². The van der Waals surface area contributed by atoms with Gasteiger partial charge in [0.1, 0.15) is 12.6 Å². The first kappa shape index (κ1) is 14.6. The zero-order valence-electron chi connectivity index (χ0n) is 10.3. The van der Waals surface area contributed by atoms with Crippen LogP contribution in [0.5, 0.6) is 0 Å². The van der Waals surface area contributed by atoms with E-state index in [1.807, 2.05) is 13.2 Å². The SMILES string of the molecule is CSCC(C)NC(=O)N1CC(=O)NCC1C(=O)O. The maximum Gasteiger partial charge on any atom is 0.328 e. The summed E-state index contributed by atoms with van der Waals surface area (Å²) in [7, 11) is 0. The molecule has 8 heteroatoms. The number of nitrogens with one attached hydrogen (secondary N) is 2.